The molecule has 1 heterocycles. The van der Waals surface area contributed by atoms with E-state index in [9.17, 15) is 18.4 Å². The molecular weight excluding hydrogens is 528 g/mol. The van der Waals surface area contributed by atoms with E-state index in [-0.39, 0.29) is 0 Å². The number of para-hydroxylation sites is 1. The minimum Gasteiger partial charge on any atom is -0.493 e. The Balaban J connectivity index is 0.000000580. The highest BCUT2D eigenvalue weighted by molar-refractivity contribution is 8.13. The van der Waals surface area contributed by atoms with Crippen molar-refractivity contribution < 1.29 is 33.3 Å². The monoisotopic (exact) mass is 563 g/mol. The number of benzene rings is 2. The van der Waals surface area contributed by atoms with Crippen LogP contribution in [0.3, 0.4) is 0 Å². The molecule has 3 rings (SSSR count). The summed E-state index contributed by atoms with van der Waals surface area (Å²) in [6.45, 7) is 3.69. The zero-order chi connectivity index (χ0) is 28.6. The number of amidine groups is 1. The summed E-state index contributed by atoms with van der Waals surface area (Å²) in [5.74, 6) is -3.86. The van der Waals surface area contributed by atoms with Gasteiger partial charge in [-0.05, 0) is 62.7 Å². The van der Waals surface area contributed by atoms with Crippen LogP contribution in [0.25, 0.3) is 0 Å². The predicted molar refractivity (Wildman–Crippen MR) is 150 cm³/mol. The van der Waals surface area contributed by atoms with E-state index in [1.165, 1.54) is 6.07 Å². The highest BCUT2D eigenvalue weighted by atomic mass is 32.2. The molecule has 2 aromatic rings. The molecule has 1 fully saturated rings. The van der Waals surface area contributed by atoms with Crippen molar-refractivity contribution in [3.8, 4) is 5.75 Å². The fourth-order valence-corrected chi connectivity index (χ4v) is 4.54. The third-order valence-electron chi connectivity index (χ3n) is 5.97. The lowest BCUT2D eigenvalue weighted by molar-refractivity contribution is -0.134. The molecule has 8 nitrogen and oxygen atoms in total. The van der Waals surface area contributed by atoms with Gasteiger partial charge in [0, 0.05) is 44.4 Å². The number of carbonyl (C=O) groups is 2. The Morgan fingerprint density at radius 3 is 2.26 bits per heavy atom. The summed E-state index contributed by atoms with van der Waals surface area (Å²) in [7, 11) is 2.15. The number of ether oxygens (including phenoxy) is 1. The van der Waals surface area contributed by atoms with Crippen LogP contribution in [0, 0.1) is 11.6 Å². The van der Waals surface area contributed by atoms with Gasteiger partial charge in [0.1, 0.15) is 5.75 Å². The Kier molecular flexibility index (Phi) is 14.0. The molecule has 1 saturated heterocycles. The minimum atomic E-state index is -1.26. The number of carboxylic acid groups (broad SMARTS) is 2. The van der Waals surface area contributed by atoms with Crippen LogP contribution in [0.1, 0.15) is 25.7 Å². The number of aliphatic carboxylic acids is 2. The number of piperidine rings is 1. The number of unbranched alkanes of at least 4 members (excludes halogenated alkanes) is 1. The summed E-state index contributed by atoms with van der Waals surface area (Å²) in [5.41, 5.74) is 0.988. The van der Waals surface area contributed by atoms with Crippen molar-refractivity contribution in [1.82, 2.24) is 9.80 Å². The van der Waals surface area contributed by atoms with Gasteiger partial charge in [-0.1, -0.05) is 30.0 Å². The molecule has 2 N–H and O–H groups in total. The van der Waals surface area contributed by atoms with Crippen molar-refractivity contribution in [1.29, 1.82) is 0 Å². The summed E-state index contributed by atoms with van der Waals surface area (Å²) < 4.78 is 31.7. The molecule has 0 unspecified atom stereocenters. The number of rotatable bonds is 10. The standard InChI is InChI=1S/C24H31F2N3OS.C4H4O4/c1-28(24(31-2)27-19-8-4-3-5-9-19)20-12-15-29(16-13-20)14-6-7-17-30-21-10-11-22(25)23(26)18-21;5-3(6)1-2-4(7)8/h3-5,8-11,18,20H,6-7,12-17H2,1-2H3;1-2H,(H,5,6)(H,7,8)/b27-24-;2-1+. The summed E-state index contributed by atoms with van der Waals surface area (Å²) in [6.07, 6.45) is 7.35. The zero-order valence-electron chi connectivity index (χ0n) is 22.1. The van der Waals surface area contributed by atoms with E-state index in [0.29, 0.717) is 30.6 Å². The van der Waals surface area contributed by atoms with Crippen molar-refractivity contribution in [2.45, 2.75) is 31.7 Å². The zero-order valence-corrected chi connectivity index (χ0v) is 22.9. The molecule has 0 radical (unpaired) electrons. The topological polar surface area (TPSA) is 103 Å². The Hall–Kier alpha value is -3.44. The van der Waals surface area contributed by atoms with E-state index < -0.39 is 23.6 Å². The Morgan fingerprint density at radius 1 is 1.05 bits per heavy atom. The van der Waals surface area contributed by atoms with Crippen LogP contribution in [-0.4, -0.2) is 82.7 Å². The summed E-state index contributed by atoms with van der Waals surface area (Å²) in [4.78, 5) is 28.7. The van der Waals surface area contributed by atoms with Gasteiger partial charge >= 0.3 is 11.9 Å². The van der Waals surface area contributed by atoms with E-state index in [1.54, 1.807) is 11.8 Å². The molecular formula is C28H35F2N3O5S. The van der Waals surface area contributed by atoms with Crippen LogP contribution in [-0.2, 0) is 9.59 Å². The largest absolute Gasteiger partial charge is 0.493 e. The molecule has 212 valence electrons. The van der Waals surface area contributed by atoms with Gasteiger partial charge in [0.15, 0.2) is 16.8 Å². The number of hydrogen-bond donors (Lipinski definition) is 2. The van der Waals surface area contributed by atoms with E-state index in [2.05, 4.69) is 23.1 Å². The first-order valence-electron chi connectivity index (χ1n) is 12.5. The number of nitrogens with zero attached hydrogens (tertiary/aromatic N) is 3. The van der Waals surface area contributed by atoms with Crippen molar-refractivity contribution in [3.63, 3.8) is 0 Å². The van der Waals surface area contributed by atoms with Crippen molar-refractivity contribution in [3.05, 3.63) is 72.3 Å². The van der Waals surface area contributed by atoms with Gasteiger partial charge in [-0.2, -0.15) is 0 Å². The van der Waals surface area contributed by atoms with E-state index >= 15 is 0 Å². The number of thioether (sulfide) groups is 1. The van der Waals surface area contributed by atoms with Gasteiger partial charge in [-0.15, -0.1) is 0 Å². The molecule has 11 heteroatoms. The molecule has 0 amide bonds. The van der Waals surface area contributed by atoms with Crippen LogP contribution >= 0.6 is 11.8 Å². The van der Waals surface area contributed by atoms with Gasteiger partial charge in [0.25, 0.3) is 0 Å². The lowest BCUT2D eigenvalue weighted by Crippen LogP contribution is -2.45. The smallest absolute Gasteiger partial charge is 0.328 e. The molecule has 2 aromatic carbocycles. The number of carboxylic acids is 2. The SMILES string of the molecule is CS/C(=N\c1ccccc1)N(C)C1CCN(CCCCOc2ccc(F)c(F)c2)CC1.O=C(O)/C=C/C(=O)O. The molecule has 0 atom stereocenters. The second-order valence-electron chi connectivity index (χ2n) is 8.76. The van der Waals surface area contributed by atoms with Gasteiger partial charge < -0.3 is 24.7 Å². The maximum Gasteiger partial charge on any atom is 0.328 e. The first-order valence-corrected chi connectivity index (χ1v) is 13.8. The fourth-order valence-electron chi connectivity index (χ4n) is 3.90. The number of halogens is 2. The van der Waals surface area contributed by atoms with Crippen LogP contribution in [0.5, 0.6) is 5.75 Å². The molecule has 0 saturated carbocycles. The molecule has 0 aromatic heterocycles. The van der Waals surface area contributed by atoms with E-state index in [4.69, 9.17) is 19.9 Å². The van der Waals surface area contributed by atoms with Crippen molar-refractivity contribution in [2.24, 2.45) is 4.99 Å². The van der Waals surface area contributed by atoms with Crippen molar-refractivity contribution in [2.75, 3.05) is 39.5 Å². The maximum absolute atomic E-state index is 13.2. The van der Waals surface area contributed by atoms with Gasteiger partial charge in [0.2, 0.25) is 0 Å². The van der Waals surface area contributed by atoms with Crippen LogP contribution in [0.15, 0.2) is 65.7 Å². The summed E-state index contributed by atoms with van der Waals surface area (Å²) in [5, 5.41) is 16.7. The van der Waals surface area contributed by atoms with Gasteiger partial charge in [-0.25, -0.2) is 23.4 Å². The predicted octanol–water partition coefficient (Wildman–Crippen LogP) is 5.28. The first kappa shape index (κ1) is 31.8. The lowest BCUT2D eigenvalue weighted by atomic mass is 10.0. The molecule has 1 aliphatic heterocycles. The van der Waals surface area contributed by atoms with Crippen molar-refractivity contribution >= 4 is 34.6 Å². The highest BCUT2D eigenvalue weighted by Gasteiger charge is 2.24. The van der Waals surface area contributed by atoms with Crippen LogP contribution in [0.2, 0.25) is 0 Å². The Bertz CT molecular complexity index is 1090. The minimum absolute atomic E-state index is 0.379. The quantitative estimate of drug-likeness (QED) is 0.174. The van der Waals surface area contributed by atoms with E-state index in [0.717, 1.165) is 68.3 Å². The highest BCUT2D eigenvalue weighted by Crippen LogP contribution is 2.22. The Labute approximate surface area is 232 Å². The summed E-state index contributed by atoms with van der Waals surface area (Å²) in [6, 6.07) is 14.3. The third kappa shape index (κ3) is 12.3. The van der Waals surface area contributed by atoms with E-state index in [1.807, 2.05) is 30.3 Å². The lowest BCUT2D eigenvalue weighted by Gasteiger charge is -2.37. The number of likely N-dealkylation sites (tertiary alicyclic amines) is 1. The number of hydrogen-bond acceptors (Lipinski definition) is 6. The van der Waals surface area contributed by atoms with Crippen LogP contribution < -0.4 is 4.74 Å². The maximum atomic E-state index is 13.2. The fraction of sp³-hybridized carbons (Fsp3) is 0.393. The third-order valence-corrected chi connectivity index (χ3v) is 6.71. The van der Waals surface area contributed by atoms with Gasteiger partial charge in [-0.3, -0.25) is 0 Å². The number of aliphatic imine (C=N–C) groups is 1. The van der Waals surface area contributed by atoms with Crippen LogP contribution in [0.4, 0.5) is 14.5 Å². The first-order chi connectivity index (χ1) is 18.7. The second kappa shape index (κ2) is 17.2. The molecule has 1 aliphatic rings. The average molecular weight is 564 g/mol. The summed E-state index contributed by atoms with van der Waals surface area (Å²) >= 11 is 1.69. The molecule has 0 spiro atoms. The normalized spacial score (nSPS) is 14.5. The second-order valence-corrected chi connectivity index (χ2v) is 9.53. The molecule has 0 bridgehead atoms. The Morgan fingerprint density at radius 2 is 1.69 bits per heavy atom. The molecule has 0 aliphatic carbocycles. The van der Waals surface area contributed by atoms with Gasteiger partial charge in [0.05, 0.1) is 12.3 Å². The molecule has 39 heavy (non-hydrogen) atoms. The average Bonchev–Trinajstić information content (AvgIpc) is 2.93.